The summed E-state index contributed by atoms with van der Waals surface area (Å²) in [5.74, 6) is -0.628. The number of hydrogen-bond acceptors (Lipinski definition) is 4. The molecule has 0 aliphatic carbocycles. The fraction of sp³-hybridized carbons (Fsp3) is 0.400. The van der Waals surface area contributed by atoms with Gasteiger partial charge in [0.15, 0.2) is 5.60 Å². The summed E-state index contributed by atoms with van der Waals surface area (Å²) in [7, 11) is 0. The highest BCUT2D eigenvalue weighted by Gasteiger charge is 2.44. The number of amides is 2. The molecule has 26 heavy (non-hydrogen) atoms. The molecule has 138 valence electrons. The first-order valence-corrected chi connectivity index (χ1v) is 9.65. The lowest BCUT2D eigenvalue weighted by molar-refractivity contribution is -0.165. The van der Waals surface area contributed by atoms with E-state index in [4.69, 9.17) is 10.5 Å². The third kappa shape index (κ3) is 3.81. The summed E-state index contributed by atoms with van der Waals surface area (Å²) in [6, 6.07) is 12.2. The van der Waals surface area contributed by atoms with Gasteiger partial charge in [-0.25, -0.2) is 0 Å². The zero-order chi connectivity index (χ0) is 18.7. The maximum Gasteiger partial charge on any atom is 0.251 e. The van der Waals surface area contributed by atoms with E-state index in [0.29, 0.717) is 19.6 Å². The predicted molar refractivity (Wildman–Crippen MR) is 103 cm³/mol. The number of carbonyl (C=O) groups is 2. The molecule has 0 bridgehead atoms. The quantitative estimate of drug-likeness (QED) is 0.877. The number of thiophene rings is 1. The predicted octanol–water partition coefficient (Wildman–Crippen LogP) is 2.70. The highest BCUT2D eigenvalue weighted by Crippen LogP contribution is 2.28. The minimum atomic E-state index is -1.17. The van der Waals surface area contributed by atoms with Crippen LogP contribution in [0, 0.1) is 5.92 Å². The van der Waals surface area contributed by atoms with E-state index in [0.717, 1.165) is 11.1 Å². The van der Waals surface area contributed by atoms with Gasteiger partial charge in [-0.1, -0.05) is 44.2 Å². The number of ether oxygens (including phenoxy) is 1. The summed E-state index contributed by atoms with van der Waals surface area (Å²) < 4.78 is 5.83. The lowest BCUT2D eigenvalue weighted by Crippen LogP contribution is -2.61. The molecule has 0 radical (unpaired) electrons. The zero-order valence-electron chi connectivity index (χ0n) is 15.1. The number of rotatable bonds is 5. The Kier molecular flexibility index (Phi) is 5.44. The van der Waals surface area contributed by atoms with Crippen molar-refractivity contribution in [2.24, 2.45) is 11.7 Å². The molecule has 1 unspecified atom stereocenters. The third-order valence-corrected chi connectivity index (χ3v) is 5.61. The van der Waals surface area contributed by atoms with Gasteiger partial charge in [0.2, 0.25) is 5.91 Å². The molecular formula is C20H24N2O3S. The van der Waals surface area contributed by atoms with Crippen molar-refractivity contribution in [2.75, 3.05) is 19.7 Å². The van der Waals surface area contributed by atoms with Crippen molar-refractivity contribution in [3.8, 4) is 10.4 Å². The van der Waals surface area contributed by atoms with Crippen LogP contribution in [0.1, 0.15) is 19.4 Å². The second-order valence-electron chi connectivity index (χ2n) is 6.97. The fourth-order valence-electron chi connectivity index (χ4n) is 3.24. The Morgan fingerprint density at radius 1 is 1.27 bits per heavy atom. The molecule has 1 aromatic carbocycles. The molecule has 2 aromatic rings. The van der Waals surface area contributed by atoms with E-state index in [1.807, 2.05) is 49.6 Å². The van der Waals surface area contributed by atoms with Crippen molar-refractivity contribution in [3.05, 3.63) is 47.3 Å². The maximum absolute atomic E-state index is 12.4. The van der Waals surface area contributed by atoms with Crippen molar-refractivity contribution in [2.45, 2.75) is 25.9 Å². The van der Waals surface area contributed by atoms with Crippen LogP contribution < -0.4 is 5.73 Å². The second-order valence-corrected chi connectivity index (χ2v) is 7.92. The van der Waals surface area contributed by atoms with Gasteiger partial charge in [0.05, 0.1) is 13.2 Å². The van der Waals surface area contributed by atoms with E-state index < -0.39 is 11.5 Å². The Morgan fingerprint density at radius 2 is 2.00 bits per heavy atom. The lowest BCUT2D eigenvalue weighted by Gasteiger charge is -2.41. The molecule has 0 saturated carbocycles. The van der Waals surface area contributed by atoms with Gasteiger partial charge < -0.3 is 15.4 Å². The van der Waals surface area contributed by atoms with Crippen molar-refractivity contribution < 1.29 is 14.3 Å². The van der Waals surface area contributed by atoms with E-state index in [2.05, 4.69) is 6.07 Å². The first-order valence-electron chi connectivity index (χ1n) is 8.77. The second kappa shape index (κ2) is 7.60. The number of nitrogens with two attached hydrogens (primary N) is 1. The normalized spacial score (nSPS) is 20.3. The number of hydrogen-bond donors (Lipinski definition) is 1. The topological polar surface area (TPSA) is 72.6 Å². The molecule has 2 amide bonds. The molecule has 1 aliphatic rings. The third-order valence-electron chi connectivity index (χ3n) is 4.69. The van der Waals surface area contributed by atoms with Crippen LogP contribution in [0.5, 0.6) is 0 Å². The number of primary amides is 1. The van der Waals surface area contributed by atoms with Crippen LogP contribution in [0.15, 0.2) is 41.8 Å². The van der Waals surface area contributed by atoms with Crippen molar-refractivity contribution >= 4 is 23.2 Å². The van der Waals surface area contributed by atoms with Gasteiger partial charge in [0.25, 0.3) is 5.91 Å². The SMILES string of the molecule is CC(C)C(=O)N1CCOC(Cc2ccc(-c3cccs3)cc2)(C(N)=O)C1. The van der Waals surface area contributed by atoms with Crippen molar-refractivity contribution in [1.29, 1.82) is 0 Å². The highest BCUT2D eigenvalue weighted by atomic mass is 32.1. The van der Waals surface area contributed by atoms with Crippen molar-refractivity contribution in [1.82, 2.24) is 4.90 Å². The Hall–Kier alpha value is -2.18. The van der Waals surface area contributed by atoms with Gasteiger partial charge in [-0.2, -0.15) is 0 Å². The number of carbonyl (C=O) groups excluding carboxylic acids is 2. The largest absolute Gasteiger partial charge is 0.367 e. The standard InChI is InChI=1S/C20H24N2O3S/c1-14(2)18(23)22-9-10-25-20(13-22,19(21)24)12-15-5-7-16(8-6-15)17-4-3-11-26-17/h3-8,11,14H,9-10,12-13H2,1-2H3,(H2,21,24). The fourth-order valence-corrected chi connectivity index (χ4v) is 3.97. The minimum absolute atomic E-state index is 0.0203. The molecule has 2 N–H and O–H groups in total. The van der Waals surface area contributed by atoms with Crippen LogP contribution >= 0.6 is 11.3 Å². The molecule has 1 fully saturated rings. The molecule has 2 heterocycles. The summed E-state index contributed by atoms with van der Waals surface area (Å²) in [5.41, 5.74) is 6.62. The lowest BCUT2D eigenvalue weighted by atomic mass is 9.90. The Labute approximate surface area is 157 Å². The molecular weight excluding hydrogens is 348 g/mol. The Morgan fingerprint density at radius 3 is 2.58 bits per heavy atom. The van der Waals surface area contributed by atoms with E-state index in [-0.39, 0.29) is 18.4 Å². The number of benzene rings is 1. The van der Waals surface area contributed by atoms with E-state index in [1.165, 1.54) is 4.88 Å². The van der Waals surface area contributed by atoms with E-state index in [1.54, 1.807) is 16.2 Å². The van der Waals surface area contributed by atoms with E-state index in [9.17, 15) is 9.59 Å². The van der Waals surface area contributed by atoms with Crippen LogP contribution in [0.25, 0.3) is 10.4 Å². The zero-order valence-corrected chi connectivity index (χ0v) is 15.9. The maximum atomic E-state index is 12.4. The number of nitrogens with zero attached hydrogens (tertiary/aromatic N) is 1. The molecule has 1 aliphatic heterocycles. The van der Waals surface area contributed by atoms with Gasteiger partial charge in [0.1, 0.15) is 0 Å². The first kappa shape index (κ1) is 18.6. The highest BCUT2D eigenvalue weighted by molar-refractivity contribution is 7.13. The molecule has 1 atom stereocenters. The van der Waals surface area contributed by atoms with Gasteiger partial charge in [-0.15, -0.1) is 11.3 Å². The van der Waals surface area contributed by atoms with Gasteiger partial charge in [-0.05, 0) is 22.6 Å². The molecule has 0 spiro atoms. The average molecular weight is 372 g/mol. The number of morpholine rings is 1. The Balaban J connectivity index is 1.80. The van der Waals surface area contributed by atoms with Crippen molar-refractivity contribution in [3.63, 3.8) is 0 Å². The van der Waals surface area contributed by atoms with Gasteiger partial charge in [-0.3, -0.25) is 9.59 Å². The van der Waals surface area contributed by atoms with Crippen LogP contribution in [-0.4, -0.2) is 42.0 Å². The van der Waals surface area contributed by atoms with Crippen LogP contribution in [-0.2, 0) is 20.7 Å². The molecule has 5 nitrogen and oxygen atoms in total. The van der Waals surface area contributed by atoms with Crippen LogP contribution in [0.4, 0.5) is 0 Å². The minimum Gasteiger partial charge on any atom is -0.367 e. The smallest absolute Gasteiger partial charge is 0.251 e. The molecule has 6 heteroatoms. The average Bonchev–Trinajstić information content (AvgIpc) is 3.16. The van der Waals surface area contributed by atoms with Gasteiger partial charge >= 0.3 is 0 Å². The molecule has 3 rings (SSSR count). The Bertz CT molecular complexity index is 771. The summed E-state index contributed by atoms with van der Waals surface area (Å²) in [6.45, 7) is 4.71. The summed E-state index contributed by atoms with van der Waals surface area (Å²) >= 11 is 1.68. The summed E-state index contributed by atoms with van der Waals surface area (Å²) in [5, 5.41) is 2.04. The van der Waals surface area contributed by atoms with Crippen LogP contribution in [0.2, 0.25) is 0 Å². The van der Waals surface area contributed by atoms with E-state index >= 15 is 0 Å². The monoisotopic (exact) mass is 372 g/mol. The summed E-state index contributed by atoms with van der Waals surface area (Å²) in [6.07, 6.45) is 0.356. The first-order chi connectivity index (χ1) is 12.4. The van der Waals surface area contributed by atoms with Gasteiger partial charge in [0, 0.05) is 23.8 Å². The molecule has 1 saturated heterocycles. The molecule has 1 aromatic heterocycles. The van der Waals surface area contributed by atoms with Crippen LogP contribution in [0.3, 0.4) is 0 Å². The summed E-state index contributed by atoms with van der Waals surface area (Å²) in [4.78, 5) is 27.5.